The SMILES string of the molecule is CC(C)(C)NC(Cc1csc2ccccc12)C(=O)C(C)(C)C. The van der Waals surface area contributed by atoms with Crippen LogP contribution < -0.4 is 5.32 Å². The van der Waals surface area contributed by atoms with E-state index in [0.29, 0.717) is 0 Å². The Morgan fingerprint density at radius 2 is 1.77 bits per heavy atom. The van der Waals surface area contributed by atoms with Crippen LogP contribution in [0.25, 0.3) is 10.1 Å². The third-order valence-electron chi connectivity index (χ3n) is 3.65. The van der Waals surface area contributed by atoms with E-state index in [1.807, 2.05) is 20.8 Å². The molecule has 1 aromatic heterocycles. The molecule has 2 nitrogen and oxygen atoms in total. The van der Waals surface area contributed by atoms with Gasteiger partial charge in [0.05, 0.1) is 6.04 Å². The summed E-state index contributed by atoms with van der Waals surface area (Å²) in [6.07, 6.45) is 0.747. The third kappa shape index (κ3) is 4.17. The molecule has 0 aliphatic rings. The van der Waals surface area contributed by atoms with E-state index >= 15 is 0 Å². The summed E-state index contributed by atoms with van der Waals surface area (Å²) < 4.78 is 1.29. The molecule has 0 bridgehead atoms. The highest BCUT2D eigenvalue weighted by molar-refractivity contribution is 7.17. The van der Waals surface area contributed by atoms with Gasteiger partial charge in [0.2, 0.25) is 0 Å². The van der Waals surface area contributed by atoms with Crippen molar-refractivity contribution in [3.8, 4) is 0 Å². The molecule has 0 fully saturated rings. The predicted octanol–water partition coefficient (Wildman–Crippen LogP) is 4.82. The summed E-state index contributed by atoms with van der Waals surface area (Å²) in [5.41, 5.74) is 0.839. The summed E-state index contributed by atoms with van der Waals surface area (Å²) in [5.74, 6) is 0.276. The smallest absolute Gasteiger partial charge is 0.155 e. The Morgan fingerprint density at radius 1 is 1.14 bits per heavy atom. The van der Waals surface area contributed by atoms with Gasteiger partial charge in [-0.2, -0.15) is 0 Å². The first-order valence-corrected chi connectivity index (χ1v) is 8.73. The van der Waals surface area contributed by atoms with E-state index in [1.165, 1.54) is 15.6 Å². The zero-order chi connectivity index (χ0) is 16.5. The summed E-state index contributed by atoms with van der Waals surface area (Å²) in [5, 5.41) is 6.99. The summed E-state index contributed by atoms with van der Waals surface area (Å²) in [7, 11) is 0. The summed E-state index contributed by atoms with van der Waals surface area (Å²) in [4.78, 5) is 12.8. The van der Waals surface area contributed by atoms with Gasteiger partial charge in [-0.05, 0) is 49.6 Å². The number of hydrogen-bond donors (Lipinski definition) is 1. The van der Waals surface area contributed by atoms with E-state index in [1.54, 1.807) is 11.3 Å². The fraction of sp³-hybridized carbons (Fsp3) is 0.526. The molecule has 0 radical (unpaired) electrons. The fourth-order valence-corrected chi connectivity index (χ4v) is 3.64. The zero-order valence-electron chi connectivity index (χ0n) is 14.5. The molecule has 1 N–H and O–H groups in total. The van der Waals surface area contributed by atoms with Crippen LogP contribution in [0.3, 0.4) is 0 Å². The number of thiophene rings is 1. The molecule has 0 aliphatic heterocycles. The van der Waals surface area contributed by atoms with E-state index in [2.05, 4.69) is 55.7 Å². The van der Waals surface area contributed by atoms with Crippen molar-refractivity contribution in [1.29, 1.82) is 0 Å². The lowest BCUT2D eigenvalue weighted by Gasteiger charge is -2.31. The quantitative estimate of drug-likeness (QED) is 0.876. The lowest BCUT2D eigenvalue weighted by atomic mass is 9.83. The predicted molar refractivity (Wildman–Crippen MR) is 96.7 cm³/mol. The topological polar surface area (TPSA) is 29.1 Å². The van der Waals surface area contributed by atoms with E-state index in [-0.39, 0.29) is 22.8 Å². The van der Waals surface area contributed by atoms with Gasteiger partial charge in [0.1, 0.15) is 0 Å². The van der Waals surface area contributed by atoms with Crippen LogP contribution in [0.5, 0.6) is 0 Å². The number of benzene rings is 1. The largest absolute Gasteiger partial charge is 0.302 e. The Morgan fingerprint density at radius 3 is 2.36 bits per heavy atom. The van der Waals surface area contributed by atoms with E-state index in [4.69, 9.17) is 0 Å². The molecule has 2 rings (SSSR count). The molecule has 1 atom stereocenters. The number of nitrogens with one attached hydrogen (secondary N) is 1. The number of carbonyl (C=O) groups excluding carboxylic acids is 1. The molecule has 0 amide bonds. The zero-order valence-corrected chi connectivity index (χ0v) is 15.3. The van der Waals surface area contributed by atoms with E-state index in [0.717, 1.165) is 6.42 Å². The monoisotopic (exact) mass is 317 g/mol. The third-order valence-corrected chi connectivity index (χ3v) is 4.66. The van der Waals surface area contributed by atoms with Gasteiger partial charge in [0, 0.05) is 15.7 Å². The number of ketones is 1. The Balaban J connectivity index is 2.32. The molecule has 0 saturated heterocycles. The summed E-state index contributed by atoms with van der Waals surface area (Å²) in [6, 6.07) is 8.26. The van der Waals surface area contributed by atoms with E-state index < -0.39 is 0 Å². The van der Waals surface area contributed by atoms with Gasteiger partial charge in [-0.1, -0.05) is 39.0 Å². The molecule has 22 heavy (non-hydrogen) atoms. The molecular weight excluding hydrogens is 290 g/mol. The number of fused-ring (bicyclic) bond motifs is 1. The first-order valence-electron chi connectivity index (χ1n) is 7.85. The van der Waals surface area contributed by atoms with Crippen LogP contribution in [-0.2, 0) is 11.2 Å². The van der Waals surface area contributed by atoms with Gasteiger partial charge in [-0.3, -0.25) is 4.79 Å². The van der Waals surface area contributed by atoms with Crippen LogP contribution in [0.15, 0.2) is 29.6 Å². The molecule has 0 spiro atoms. The normalized spacial score (nSPS) is 14.3. The van der Waals surface area contributed by atoms with Gasteiger partial charge in [-0.25, -0.2) is 0 Å². The highest BCUT2D eigenvalue weighted by atomic mass is 32.1. The fourth-order valence-electron chi connectivity index (χ4n) is 2.67. The lowest BCUT2D eigenvalue weighted by molar-refractivity contribution is -0.128. The lowest BCUT2D eigenvalue weighted by Crippen LogP contribution is -2.51. The highest BCUT2D eigenvalue weighted by Crippen LogP contribution is 2.28. The minimum absolute atomic E-state index is 0.0859. The second kappa shape index (κ2) is 6.13. The van der Waals surface area contributed by atoms with Gasteiger partial charge >= 0.3 is 0 Å². The number of hydrogen-bond acceptors (Lipinski definition) is 3. The molecule has 1 unspecified atom stereocenters. The van der Waals surface area contributed by atoms with Crippen LogP contribution in [-0.4, -0.2) is 17.4 Å². The number of Topliss-reactive ketones (excluding diaryl/α,β-unsaturated/α-hetero) is 1. The minimum Gasteiger partial charge on any atom is -0.302 e. The Hall–Kier alpha value is -1.19. The second-order valence-electron chi connectivity index (χ2n) is 8.02. The van der Waals surface area contributed by atoms with Gasteiger partial charge in [-0.15, -0.1) is 11.3 Å². The van der Waals surface area contributed by atoms with Gasteiger partial charge < -0.3 is 5.32 Å². The van der Waals surface area contributed by atoms with Gasteiger partial charge in [0.15, 0.2) is 5.78 Å². The second-order valence-corrected chi connectivity index (χ2v) is 8.93. The van der Waals surface area contributed by atoms with Crippen molar-refractivity contribution in [1.82, 2.24) is 5.32 Å². The van der Waals surface area contributed by atoms with Crippen molar-refractivity contribution in [2.75, 3.05) is 0 Å². The van der Waals surface area contributed by atoms with Crippen molar-refractivity contribution in [3.63, 3.8) is 0 Å². The van der Waals surface area contributed by atoms with Crippen LogP contribution in [0.1, 0.15) is 47.1 Å². The first kappa shape index (κ1) is 17.2. The molecule has 3 heteroatoms. The van der Waals surface area contributed by atoms with Crippen molar-refractivity contribution >= 4 is 27.2 Å². The van der Waals surface area contributed by atoms with Crippen molar-refractivity contribution in [3.05, 3.63) is 35.2 Å². The molecular formula is C19H27NOS. The maximum absolute atomic E-state index is 12.8. The average Bonchev–Trinajstić information content (AvgIpc) is 2.78. The maximum atomic E-state index is 12.8. The summed E-state index contributed by atoms with van der Waals surface area (Å²) in [6.45, 7) is 12.3. The molecule has 0 saturated carbocycles. The van der Waals surface area contributed by atoms with Crippen LogP contribution >= 0.6 is 11.3 Å². The molecule has 0 aliphatic carbocycles. The molecule has 120 valence electrons. The van der Waals surface area contributed by atoms with Crippen LogP contribution in [0, 0.1) is 5.41 Å². The highest BCUT2D eigenvalue weighted by Gasteiger charge is 2.32. The Labute approximate surface area is 137 Å². The number of rotatable bonds is 4. The van der Waals surface area contributed by atoms with Crippen LogP contribution in [0.2, 0.25) is 0 Å². The Bertz CT molecular complexity index is 658. The van der Waals surface area contributed by atoms with E-state index in [9.17, 15) is 4.79 Å². The van der Waals surface area contributed by atoms with Crippen LogP contribution in [0.4, 0.5) is 0 Å². The summed E-state index contributed by atoms with van der Waals surface area (Å²) >= 11 is 1.75. The first-order chi connectivity index (χ1) is 10.1. The van der Waals surface area contributed by atoms with Crippen molar-refractivity contribution < 1.29 is 4.79 Å². The molecule has 1 aromatic carbocycles. The van der Waals surface area contributed by atoms with Crippen molar-refractivity contribution in [2.24, 2.45) is 5.41 Å². The van der Waals surface area contributed by atoms with Crippen molar-refractivity contribution in [2.45, 2.75) is 59.5 Å². The maximum Gasteiger partial charge on any atom is 0.155 e. The Kier molecular flexibility index (Phi) is 4.78. The van der Waals surface area contributed by atoms with Gasteiger partial charge in [0.25, 0.3) is 0 Å². The molecule has 1 heterocycles. The average molecular weight is 317 g/mol. The minimum atomic E-state index is -0.339. The molecule has 2 aromatic rings. The standard InChI is InChI=1S/C19H27NOS/c1-18(2,3)17(21)15(20-19(4,5)6)11-13-12-22-16-10-8-7-9-14(13)16/h7-10,12,15,20H,11H2,1-6H3. The number of carbonyl (C=O) groups is 1.